The van der Waals surface area contributed by atoms with Crippen LogP contribution in [0.5, 0.6) is 0 Å². The van der Waals surface area contributed by atoms with E-state index in [1.54, 1.807) is 0 Å². The minimum atomic E-state index is 0.454. The number of hydrogen-bond acceptors (Lipinski definition) is 1. The van der Waals surface area contributed by atoms with E-state index in [0.717, 1.165) is 0 Å². The molecular formula is C10H15N. The third-order valence-corrected chi connectivity index (χ3v) is 1.98. The van der Waals surface area contributed by atoms with E-state index in [0.29, 0.717) is 6.04 Å². The van der Waals surface area contributed by atoms with Gasteiger partial charge < -0.3 is 5.32 Å². The molecule has 1 nitrogen and oxygen atoms in total. The van der Waals surface area contributed by atoms with Crippen molar-refractivity contribution in [2.75, 3.05) is 7.05 Å². The Kier molecular flexibility index (Phi) is 2.66. The largest absolute Gasteiger partial charge is 0.313 e. The van der Waals surface area contributed by atoms with Gasteiger partial charge in [-0.3, -0.25) is 0 Å². The molecular weight excluding hydrogens is 134 g/mol. The molecule has 0 saturated carbocycles. The summed E-state index contributed by atoms with van der Waals surface area (Å²) in [6, 6.07) is 9.02. The summed E-state index contributed by atoms with van der Waals surface area (Å²) in [5, 5.41) is 3.21. The summed E-state index contributed by atoms with van der Waals surface area (Å²) in [6.45, 7) is 4.28. The number of nitrogens with one attached hydrogen (secondary N) is 1. The maximum absolute atomic E-state index is 3.21. The Balaban J connectivity index is 2.86. The summed E-state index contributed by atoms with van der Waals surface area (Å²) in [5.74, 6) is 0. The summed E-state index contributed by atoms with van der Waals surface area (Å²) < 4.78 is 0. The maximum atomic E-state index is 3.21. The van der Waals surface area contributed by atoms with Crippen molar-refractivity contribution in [2.24, 2.45) is 0 Å². The third-order valence-electron chi connectivity index (χ3n) is 1.98. The molecule has 1 N–H and O–H groups in total. The SMILES string of the molecule is CNC(C)c1cccc(C)c1. The molecule has 1 heteroatoms. The van der Waals surface area contributed by atoms with Crippen LogP contribution in [0.3, 0.4) is 0 Å². The molecule has 1 unspecified atom stereocenters. The smallest absolute Gasteiger partial charge is 0.0289 e. The lowest BCUT2D eigenvalue weighted by atomic mass is 10.1. The lowest BCUT2D eigenvalue weighted by Gasteiger charge is -2.10. The van der Waals surface area contributed by atoms with Crippen LogP contribution in [-0.4, -0.2) is 7.05 Å². The molecule has 0 amide bonds. The number of aryl methyl sites for hydroxylation is 1. The first-order chi connectivity index (χ1) is 5.24. The average Bonchev–Trinajstić information content (AvgIpc) is 2.03. The third kappa shape index (κ3) is 2.05. The Morgan fingerprint density at radius 3 is 2.64 bits per heavy atom. The van der Waals surface area contributed by atoms with Gasteiger partial charge in [-0.2, -0.15) is 0 Å². The number of benzene rings is 1. The summed E-state index contributed by atoms with van der Waals surface area (Å²) >= 11 is 0. The fourth-order valence-corrected chi connectivity index (χ4v) is 1.11. The highest BCUT2D eigenvalue weighted by Crippen LogP contribution is 2.12. The summed E-state index contributed by atoms with van der Waals surface area (Å²) in [6.07, 6.45) is 0. The first kappa shape index (κ1) is 8.28. The molecule has 0 aliphatic rings. The fraction of sp³-hybridized carbons (Fsp3) is 0.400. The molecule has 0 aromatic heterocycles. The van der Waals surface area contributed by atoms with Crippen LogP contribution in [0.15, 0.2) is 24.3 Å². The van der Waals surface area contributed by atoms with Gasteiger partial charge in [0.15, 0.2) is 0 Å². The second-order valence-corrected chi connectivity index (χ2v) is 2.92. The standard InChI is InChI=1S/C10H15N/c1-8-5-4-6-10(7-8)9(2)11-3/h4-7,9,11H,1-3H3. The molecule has 11 heavy (non-hydrogen) atoms. The molecule has 0 fully saturated rings. The van der Waals surface area contributed by atoms with Crippen LogP contribution in [0.2, 0.25) is 0 Å². The second-order valence-electron chi connectivity index (χ2n) is 2.92. The minimum absolute atomic E-state index is 0.454. The molecule has 0 heterocycles. The average molecular weight is 149 g/mol. The van der Waals surface area contributed by atoms with Crippen LogP contribution in [0, 0.1) is 6.92 Å². The summed E-state index contributed by atoms with van der Waals surface area (Å²) in [5.41, 5.74) is 2.68. The summed E-state index contributed by atoms with van der Waals surface area (Å²) in [4.78, 5) is 0. The van der Waals surface area contributed by atoms with Crippen LogP contribution >= 0.6 is 0 Å². The van der Waals surface area contributed by atoms with Gasteiger partial charge in [-0.15, -0.1) is 0 Å². The van der Waals surface area contributed by atoms with E-state index in [4.69, 9.17) is 0 Å². The predicted octanol–water partition coefficient (Wildman–Crippen LogP) is 2.28. The zero-order valence-corrected chi connectivity index (χ0v) is 7.39. The van der Waals surface area contributed by atoms with Crippen molar-refractivity contribution in [1.29, 1.82) is 0 Å². The Hall–Kier alpha value is -0.820. The van der Waals surface area contributed by atoms with Gasteiger partial charge in [0.25, 0.3) is 0 Å². The molecule has 0 saturated heterocycles. The molecule has 1 aromatic rings. The van der Waals surface area contributed by atoms with Gasteiger partial charge in [0, 0.05) is 6.04 Å². The van der Waals surface area contributed by atoms with E-state index >= 15 is 0 Å². The molecule has 0 radical (unpaired) electrons. The van der Waals surface area contributed by atoms with E-state index in [9.17, 15) is 0 Å². The monoisotopic (exact) mass is 149 g/mol. The van der Waals surface area contributed by atoms with Gasteiger partial charge in [-0.1, -0.05) is 29.8 Å². The molecule has 1 atom stereocenters. The van der Waals surface area contributed by atoms with Crippen molar-refractivity contribution in [2.45, 2.75) is 19.9 Å². The molecule has 0 aliphatic heterocycles. The van der Waals surface area contributed by atoms with Crippen molar-refractivity contribution < 1.29 is 0 Å². The molecule has 1 aromatic carbocycles. The quantitative estimate of drug-likeness (QED) is 0.680. The van der Waals surface area contributed by atoms with Crippen molar-refractivity contribution >= 4 is 0 Å². The highest BCUT2D eigenvalue weighted by Gasteiger charge is 1.99. The van der Waals surface area contributed by atoms with Gasteiger partial charge in [0.2, 0.25) is 0 Å². The fourth-order valence-electron chi connectivity index (χ4n) is 1.11. The Morgan fingerprint density at radius 2 is 2.09 bits per heavy atom. The van der Waals surface area contributed by atoms with Crippen molar-refractivity contribution in [3.8, 4) is 0 Å². The van der Waals surface area contributed by atoms with Crippen LogP contribution < -0.4 is 5.32 Å². The normalized spacial score (nSPS) is 13.0. The molecule has 1 rings (SSSR count). The maximum Gasteiger partial charge on any atom is 0.0289 e. The van der Waals surface area contributed by atoms with E-state index in [1.165, 1.54) is 11.1 Å². The zero-order chi connectivity index (χ0) is 8.27. The summed E-state index contributed by atoms with van der Waals surface area (Å²) in [7, 11) is 1.98. The molecule has 0 bridgehead atoms. The van der Waals surface area contributed by atoms with E-state index in [2.05, 4.69) is 43.4 Å². The van der Waals surface area contributed by atoms with E-state index in [1.807, 2.05) is 7.05 Å². The topological polar surface area (TPSA) is 12.0 Å². The van der Waals surface area contributed by atoms with E-state index < -0.39 is 0 Å². The van der Waals surface area contributed by atoms with Crippen LogP contribution in [-0.2, 0) is 0 Å². The lowest BCUT2D eigenvalue weighted by molar-refractivity contribution is 0.652. The number of hydrogen-bond donors (Lipinski definition) is 1. The van der Waals surface area contributed by atoms with E-state index in [-0.39, 0.29) is 0 Å². The highest BCUT2D eigenvalue weighted by molar-refractivity contribution is 5.24. The molecule has 60 valence electrons. The Morgan fingerprint density at radius 1 is 1.36 bits per heavy atom. The van der Waals surface area contributed by atoms with Gasteiger partial charge in [0.1, 0.15) is 0 Å². The van der Waals surface area contributed by atoms with Crippen LogP contribution in [0.4, 0.5) is 0 Å². The second kappa shape index (κ2) is 3.54. The Labute approximate surface area is 68.4 Å². The minimum Gasteiger partial charge on any atom is -0.313 e. The van der Waals surface area contributed by atoms with Gasteiger partial charge >= 0.3 is 0 Å². The predicted molar refractivity (Wildman–Crippen MR) is 48.7 cm³/mol. The molecule has 0 spiro atoms. The zero-order valence-electron chi connectivity index (χ0n) is 7.39. The van der Waals surface area contributed by atoms with Crippen molar-refractivity contribution in [3.63, 3.8) is 0 Å². The van der Waals surface area contributed by atoms with Crippen molar-refractivity contribution in [1.82, 2.24) is 5.32 Å². The van der Waals surface area contributed by atoms with Crippen LogP contribution in [0.1, 0.15) is 24.1 Å². The van der Waals surface area contributed by atoms with Gasteiger partial charge in [-0.25, -0.2) is 0 Å². The first-order valence-electron chi connectivity index (χ1n) is 3.98. The van der Waals surface area contributed by atoms with Gasteiger partial charge in [-0.05, 0) is 26.5 Å². The highest BCUT2D eigenvalue weighted by atomic mass is 14.8. The Bertz CT molecular complexity index is 230. The first-order valence-corrected chi connectivity index (χ1v) is 3.98. The van der Waals surface area contributed by atoms with Gasteiger partial charge in [0.05, 0.1) is 0 Å². The van der Waals surface area contributed by atoms with Crippen LogP contribution in [0.25, 0.3) is 0 Å². The number of rotatable bonds is 2. The lowest BCUT2D eigenvalue weighted by Crippen LogP contribution is -2.12. The van der Waals surface area contributed by atoms with Crippen molar-refractivity contribution in [3.05, 3.63) is 35.4 Å². The molecule has 0 aliphatic carbocycles.